The van der Waals surface area contributed by atoms with Crippen molar-refractivity contribution >= 4 is 5.97 Å². The van der Waals surface area contributed by atoms with E-state index in [1.54, 1.807) is 20.1 Å². The van der Waals surface area contributed by atoms with Gasteiger partial charge in [-0.3, -0.25) is 4.79 Å². The molecule has 1 N–H and O–H groups in total. The Balaban J connectivity index is 2.47. The number of carboxylic acid groups (broad SMARTS) is 1. The molecule has 0 spiro atoms. The number of aryl methyl sites for hydroxylation is 1. The SMILES string of the molecule is CC(C)(CCc1ccco1)C(=O)O. The third kappa shape index (κ3) is 2.61. The summed E-state index contributed by atoms with van der Waals surface area (Å²) in [5.74, 6) is 0.0772. The second-order valence-corrected chi connectivity index (χ2v) is 3.77. The maximum absolute atomic E-state index is 10.7. The fraction of sp³-hybridized carbons (Fsp3) is 0.500. The first-order chi connectivity index (χ1) is 6.02. The molecule has 3 heteroatoms. The Hall–Kier alpha value is -1.25. The normalized spacial score (nSPS) is 11.5. The average Bonchev–Trinajstić information content (AvgIpc) is 2.52. The lowest BCUT2D eigenvalue weighted by molar-refractivity contribution is -0.147. The molecule has 0 radical (unpaired) electrons. The van der Waals surface area contributed by atoms with E-state index in [-0.39, 0.29) is 0 Å². The maximum atomic E-state index is 10.7. The van der Waals surface area contributed by atoms with Crippen molar-refractivity contribution in [1.82, 2.24) is 0 Å². The van der Waals surface area contributed by atoms with Crippen LogP contribution in [0.15, 0.2) is 22.8 Å². The van der Waals surface area contributed by atoms with Gasteiger partial charge in [-0.2, -0.15) is 0 Å². The second-order valence-electron chi connectivity index (χ2n) is 3.77. The van der Waals surface area contributed by atoms with Gasteiger partial charge in [0.1, 0.15) is 5.76 Å². The highest BCUT2D eigenvalue weighted by atomic mass is 16.4. The van der Waals surface area contributed by atoms with Gasteiger partial charge in [-0.05, 0) is 32.4 Å². The van der Waals surface area contributed by atoms with Crippen molar-refractivity contribution in [2.45, 2.75) is 26.7 Å². The number of hydrogen-bond donors (Lipinski definition) is 1. The minimum absolute atomic E-state index is 0.593. The summed E-state index contributed by atoms with van der Waals surface area (Å²) >= 11 is 0. The zero-order valence-electron chi connectivity index (χ0n) is 7.91. The first-order valence-corrected chi connectivity index (χ1v) is 4.28. The number of furan rings is 1. The summed E-state index contributed by atoms with van der Waals surface area (Å²) in [5, 5.41) is 8.84. The van der Waals surface area contributed by atoms with Crippen molar-refractivity contribution in [2.75, 3.05) is 0 Å². The van der Waals surface area contributed by atoms with Crippen LogP contribution < -0.4 is 0 Å². The lowest BCUT2D eigenvalue weighted by Crippen LogP contribution is -2.24. The van der Waals surface area contributed by atoms with Gasteiger partial charge >= 0.3 is 5.97 Å². The molecule has 0 bridgehead atoms. The molecule has 0 fully saturated rings. The van der Waals surface area contributed by atoms with Gasteiger partial charge in [0.15, 0.2) is 0 Å². The lowest BCUT2D eigenvalue weighted by atomic mass is 9.88. The Morgan fingerprint density at radius 2 is 2.31 bits per heavy atom. The van der Waals surface area contributed by atoms with Crippen LogP contribution in [0.5, 0.6) is 0 Å². The van der Waals surface area contributed by atoms with Gasteiger partial charge in [0.25, 0.3) is 0 Å². The predicted octanol–water partition coefficient (Wildman–Crippen LogP) is 2.32. The van der Waals surface area contributed by atoms with Crippen LogP contribution in [0.1, 0.15) is 26.0 Å². The van der Waals surface area contributed by atoms with Crippen LogP contribution in [0, 0.1) is 5.41 Å². The number of rotatable bonds is 4. The molecule has 0 aliphatic heterocycles. The number of aliphatic carboxylic acids is 1. The van der Waals surface area contributed by atoms with E-state index in [0.717, 1.165) is 5.76 Å². The lowest BCUT2D eigenvalue weighted by Gasteiger charge is -2.17. The minimum atomic E-state index is -0.765. The molecule has 13 heavy (non-hydrogen) atoms. The standard InChI is InChI=1S/C10H14O3/c1-10(2,9(11)12)6-5-8-4-3-7-13-8/h3-4,7H,5-6H2,1-2H3,(H,11,12). The summed E-state index contributed by atoms with van der Waals surface area (Å²) < 4.78 is 5.12. The molecule has 72 valence electrons. The average molecular weight is 182 g/mol. The van der Waals surface area contributed by atoms with E-state index in [1.165, 1.54) is 0 Å². The first kappa shape index (κ1) is 9.84. The summed E-state index contributed by atoms with van der Waals surface area (Å²) in [4.78, 5) is 10.7. The van der Waals surface area contributed by atoms with Gasteiger partial charge in [0.05, 0.1) is 11.7 Å². The Bertz CT molecular complexity index is 272. The number of hydrogen-bond acceptors (Lipinski definition) is 2. The smallest absolute Gasteiger partial charge is 0.309 e. The Kier molecular flexibility index (Phi) is 2.76. The summed E-state index contributed by atoms with van der Waals surface area (Å²) in [6.07, 6.45) is 2.87. The van der Waals surface area contributed by atoms with Crippen LogP contribution in [-0.2, 0) is 11.2 Å². The Morgan fingerprint density at radius 1 is 1.62 bits per heavy atom. The molecule has 0 aliphatic carbocycles. The maximum Gasteiger partial charge on any atom is 0.309 e. The van der Waals surface area contributed by atoms with Gasteiger partial charge in [0, 0.05) is 6.42 Å². The summed E-state index contributed by atoms with van der Waals surface area (Å²) in [5.41, 5.74) is -0.674. The second kappa shape index (κ2) is 3.64. The van der Waals surface area contributed by atoms with Crippen molar-refractivity contribution in [3.05, 3.63) is 24.2 Å². The first-order valence-electron chi connectivity index (χ1n) is 4.28. The zero-order valence-corrected chi connectivity index (χ0v) is 7.91. The monoisotopic (exact) mass is 182 g/mol. The molecule has 1 aromatic rings. The molecule has 0 unspecified atom stereocenters. The van der Waals surface area contributed by atoms with E-state index >= 15 is 0 Å². The van der Waals surface area contributed by atoms with Crippen LogP contribution in [0.25, 0.3) is 0 Å². The summed E-state index contributed by atoms with van der Waals surface area (Å²) in [6.45, 7) is 3.44. The highest BCUT2D eigenvalue weighted by molar-refractivity contribution is 5.73. The van der Waals surface area contributed by atoms with E-state index in [4.69, 9.17) is 9.52 Å². The van der Waals surface area contributed by atoms with Gasteiger partial charge in [-0.1, -0.05) is 0 Å². The highest BCUT2D eigenvalue weighted by Crippen LogP contribution is 2.22. The topological polar surface area (TPSA) is 50.4 Å². The molecule has 0 saturated heterocycles. The van der Waals surface area contributed by atoms with Crippen LogP contribution >= 0.6 is 0 Å². The number of carbonyl (C=O) groups is 1. The van der Waals surface area contributed by atoms with Crippen LogP contribution in [0.4, 0.5) is 0 Å². The molecule has 1 aromatic heterocycles. The van der Waals surface area contributed by atoms with Gasteiger partial charge in [0.2, 0.25) is 0 Å². The summed E-state index contributed by atoms with van der Waals surface area (Å²) in [7, 11) is 0. The predicted molar refractivity (Wildman–Crippen MR) is 48.4 cm³/mol. The van der Waals surface area contributed by atoms with E-state index in [9.17, 15) is 4.79 Å². The zero-order chi connectivity index (χ0) is 9.90. The molecule has 1 rings (SSSR count). The molecular formula is C10H14O3. The van der Waals surface area contributed by atoms with E-state index < -0.39 is 11.4 Å². The van der Waals surface area contributed by atoms with Crippen LogP contribution in [0.3, 0.4) is 0 Å². The molecule has 3 nitrogen and oxygen atoms in total. The van der Waals surface area contributed by atoms with Crippen molar-refractivity contribution in [1.29, 1.82) is 0 Å². The molecule has 0 amide bonds. The van der Waals surface area contributed by atoms with Gasteiger partial charge in [-0.25, -0.2) is 0 Å². The molecule has 1 heterocycles. The Labute approximate surface area is 77.4 Å². The van der Waals surface area contributed by atoms with Crippen LogP contribution in [0.2, 0.25) is 0 Å². The van der Waals surface area contributed by atoms with Crippen molar-refractivity contribution in [3.8, 4) is 0 Å². The fourth-order valence-electron chi connectivity index (χ4n) is 0.997. The molecule has 0 aromatic carbocycles. The molecule has 0 aliphatic rings. The van der Waals surface area contributed by atoms with E-state index in [0.29, 0.717) is 12.8 Å². The highest BCUT2D eigenvalue weighted by Gasteiger charge is 2.26. The third-order valence-corrected chi connectivity index (χ3v) is 2.16. The van der Waals surface area contributed by atoms with Crippen molar-refractivity contribution in [3.63, 3.8) is 0 Å². The molecular weight excluding hydrogens is 168 g/mol. The third-order valence-electron chi connectivity index (χ3n) is 2.16. The van der Waals surface area contributed by atoms with Crippen LogP contribution in [-0.4, -0.2) is 11.1 Å². The largest absolute Gasteiger partial charge is 0.481 e. The van der Waals surface area contributed by atoms with Crippen molar-refractivity contribution < 1.29 is 14.3 Å². The number of carboxylic acids is 1. The quantitative estimate of drug-likeness (QED) is 0.777. The van der Waals surface area contributed by atoms with Gasteiger partial charge < -0.3 is 9.52 Å². The molecule has 0 atom stereocenters. The Morgan fingerprint density at radius 3 is 2.77 bits per heavy atom. The van der Waals surface area contributed by atoms with Gasteiger partial charge in [-0.15, -0.1) is 0 Å². The molecule has 0 saturated carbocycles. The summed E-state index contributed by atoms with van der Waals surface area (Å²) in [6, 6.07) is 3.67. The van der Waals surface area contributed by atoms with Crippen molar-refractivity contribution in [2.24, 2.45) is 5.41 Å². The fourth-order valence-corrected chi connectivity index (χ4v) is 0.997. The minimum Gasteiger partial charge on any atom is -0.481 e. The van der Waals surface area contributed by atoms with E-state index in [2.05, 4.69) is 0 Å². The van der Waals surface area contributed by atoms with E-state index in [1.807, 2.05) is 12.1 Å².